The standard InChI is InChI=1S/C13H7BrF3NO3/c14-9-5-6-10(12(19)20)18-11(9)7-1-3-8(4-2-7)21-13(15,16)17/h1-6H,(H,19,20). The van der Waals surface area contributed by atoms with Gasteiger partial charge in [0, 0.05) is 10.0 Å². The van der Waals surface area contributed by atoms with E-state index in [0.29, 0.717) is 15.7 Å². The van der Waals surface area contributed by atoms with Crippen molar-refractivity contribution in [1.82, 2.24) is 4.98 Å². The number of benzene rings is 1. The molecule has 4 nitrogen and oxygen atoms in total. The van der Waals surface area contributed by atoms with Crippen LogP contribution in [0.5, 0.6) is 5.75 Å². The largest absolute Gasteiger partial charge is 0.573 e. The second kappa shape index (κ2) is 5.72. The molecule has 2 rings (SSSR count). The number of halogens is 4. The van der Waals surface area contributed by atoms with Crippen molar-refractivity contribution in [2.45, 2.75) is 6.36 Å². The molecule has 0 aliphatic rings. The SMILES string of the molecule is O=C(O)c1ccc(Br)c(-c2ccc(OC(F)(F)F)cc2)n1. The number of rotatable bonds is 3. The van der Waals surface area contributed by atoms with E-state index in [-0.39, 0.29) is 11.4 Å². The zero-order chi connectivity index (χ0) is 15.6. The first-order chi connectivity index (χ1) is 9.76. The Morgan fingerprint density at radius 3 is 2.29 bits per heavy atom. The smallest absolute Gasteiger partial charge is 0.477 e. The molecular weight excluding hydrogens is 355 g/mol. The average molecular weight is 362 g/mol. The van der Waals surface area contributed by atoms with E-state index >= 15 is 0 Å². The molecule has 0 bridgehead atoms. The fraction of sp³-hybridized carbons (Fsp3) is 0.0769. The van der Waals surface area contributed by atoms with Gasteiger partial charge in [-0.15, -0.1) is 13.2 Å². The Kier molecular flexibility index (Phi) is 4.17. The van der Waals surface area contributed by atoms with Crippen LogP contribution in [-0.2, 0) is 0 Å². The van der Waals surface area contributed by atoms with E-state index in [1.54, 1.807) is 0 Å². The van der Waals surface area contributed by atoms with Crippen LogP contribution in [0.4, 0.5) is 13.2 Å². The van der Waals surface area contributed by atoms with E-state index in [1.807, 2.05) is 0 Å². The van der Waals surface area contributed by atoms with Crippen molar-refractivity contribution in [3.05, 3.63) is 46.6 Å². The van der Waals surface area contributed by atoms with Gasteiger partial charge < -0.3 is 9.84 Å². The Balaban J connectivity index is 2.34. The second-order valence-electron chi connectivity index (χ2n) is 3.90. The van der Waals surface area contributed by atoms with Gasteiger partial charge in [-0.1, -0.05) is 0 Å². The molecule has 0 fully saturated rings. The van der Waals surface area contributed by atoms with Crippen LogP contribution >= 0.6 is 15.9 Å². The van der Waals surface area contributed by atoms with E-state index in [9.17, 15) is 18.0 Å². The Morgan fingerprint density at radius 2 is 1.76 bits per heavy atom. The molecule has 0 spiro atoms. The van der Waals surface area contributed by atoms with E-state index in [1.165, 1.54) is 24.3 Å². The molecule has 2 aromatic rings. The summed E-state index contributed by atoms with van der Waals surface area (Å²) in [6.07, 6.45) is -4.76. The maximum Gasteiger partial charge on any atom is 0.573 e. The van der Waals surface area contributed by atoms with Gasteiger partial charge in [0.05, 0.1) is 5.69 Å². The van der Waals surface area contributed by atoms with Crippen LogP contribution in [-0.4, -0.2) is 22.4 Å². The average Bonchev–Trinajstić information content (AvgIpc) is 2.38. The lowest BCUT2D eigenvalue weighted by atomic mass is 10.1. The van der Waals surface area contributed by atoms with Crippen molar-refractivity contribution in [2.24, 2.45) is 0 Å². The highest BCUT2D eigenvalue weighted by molar-refractivity contribution is 9.10. The first kappa shape index (κ1) is 15.3. The minimum Gasteiger partial charge on any atom is -0.477 e. The van der Waals surface area contributed by atoms with Gasteiger partial charge in [0.15, 0.2) is 0 Å². The van der Waals surface area contributed by atoms with Gasteiger partial charge >= 0.3 is 12.3 Å². The maximum atomic E-state index is 12.1. The highest BCUT2D eigenvalue weighted by Crippen LogP contribution is 2.29. The molecule has 8 heteroatoms. The number of hydrogen-bond donors (Lipinski definition) is 1. The molecule has 1 aromatic heterocycles. The van der Waals surface area contributed by atoms with Crippen LogP contribution in [0.25, 0.3) is 11.3 Å². The van der Waals surface area contributed by atoms with Crippen molar-refractivity contribution >= 4 is 21.9 Å². The molecule has 21 heavy (non-hydrogen) atoms. The molecule has 0 atom stereocenters. The Hall–Kier alpha value is -2.09. The molecule has 110 valence electrons. The van der Waals surface area contributed by atoms with Gasteiger partial charge in [-0.25, -0.2) is 9.78 Å². The van der Waals surface area contributed by atoms with E-state index in [2.05, 4.69) is 25.7 Å². The van der Waals surface area contributed by atoms with Crippen LogP contribution in [0.3, 0.4) is 0 Å². The molecule has 0 aliphatic carbocycles. The first-order valence-electron chi connectivity index (χ1n) is 5.52. The van der Waals surface area contributed by atoms with E-state index < -0.39 is 12.3 Å². The monoisotopic (exact) mass is 361 g/mol. The third kappa shape index (κ3) is 3.94. The number of carboxylic acid groups (broad SMARTS) is 1. The quantitative estimate of drug-likeness (QED) is 0.893. The third-order valence-corrected chi connectivity index (χ3v) is 3.07. The van der Waals surface area contributed by atoms with E-state index in [0.717, 1.165) is 12.1 Å². The lowest BCUT2D eigenvalue weighted by Gasteiger charge is -2.10. The van der Waals surface area contributed by atoms with Crippen molar-refractivity contribution in [2.75, 3.05) is 0 Å². The summed E-state index contributed by atoms with van der Waals surface area (Å²) in [5, 5.41) is 8.90. The molecular formula is C13H7BrF3NO3. The Morgan fingerprint density at radius 1 is 1.14 bits per heavy atom. The van der Waals surface area contributed by atoms with Gasteiger partial charge in [-0.3, -0.25) is 0 Å². The van der Waals surface area contributed by atoms with Crippen LogP contribution in [0.15, 0.2) is 40.9 Å². The predicted octanol–water partition coefficient (Wildman–Crippen LogP) is 4.11. The van der Waals surface area contributed by atoms with Crippen molar-refractivity contribution in [3.8, 4) is 17.0 Å². The minimum absolute atomic E-state index is 0.163. The topological polar surface area (TPSA) is 59.4 Å². The fourth-order valence-corrected chi connectivity index (χ4v) is 2.03. The predicted molar refractivity (Wildman–Crippen MR) is 71.0 cm³/mol. The van der Waals surface area contributed by atoms with Gasteiger partial charge in [0.25, 0.3) is 0 Å². The van der Waals surface area contributed by atoms with Crippen molar-refractivity contribution in [1.29, 1.82) is 0 Å². The number of carbonyl (C=O) groups is 1. The lowest BCUT2D eigenvalue weighted by molar-refractivity contribution is -0.274. The lowest BCUT2D eigenvalue weighted by Crippen LogP contribution is -2.16. The molecule has 0 saturated heterocycles. The van der Waals surface area contributed by atoms with Crippen LogP contribution in [0, 0.1) is 0 Å². The fourth-order valence-electron chi connectivity index (χ4n) is 1.58. The van der Waals surface area contributed by atoms with Gasteiger partial charge in [-0.05, 0) is 52.3 Å². The molecule has 0 saturated carbocycles. The summed E-state index contributed by atoms with van der Waals surface area (Å²) in [6, 6.07) is 7.80. The summed E-state index contributed by atoms with van der Waals surface area (Å²) in [5.41, 5.74) is 0.608. The molecule has 1 heterocycles. The van der Waals surface area contributed by atoms with E-state index in [4.69, 9.17) is 5.11 Å². The zero-order valence-electron chi connectivity index (χ0n) is 10.2. The summed E-state index contributed by atoms with van der Waals surface area (Å²) >= 11 is 3.22. The minimum atomic E-state index is -4.76. The van der Waals surface area contributed by atoms with Crippen molar-refractivity contribution < 1.29 is 27.8 Å². The summed E-state index contributed by atoms with van der Waals surface area (Å²) < 4.78 is 40.5. The number of pyridine rings is 1. The summed E-state index contributed by atoms with van der Waals surface area (Å²) in [4.78, 5) is 14.8. The highest BCUT2D eigenvalue weighted by Gasteiger charge is 2.31. The molecule has 1 N–H and O–H groups in total. The molecule has 0 amide bonds. The number of carboxylic acids is 1. The molecule has 0 unspecified atom stereocenters. The van der Waals surface area contributed by atoms with Gasteiger partial charge in [0.1, 0.15) is 11.4 Å². The summed E-state index contributed by atoms with van der Waals surface area (Å²) in [5.74, 6) is -1.56. The summed E-state index contributed by atoms with van der Waals surface area (Å²) in [6.45, 7) is 0. The maximum absolute atomic E-state index is 12.1. The Labute approximate surface area is 125 Å². The Bertz CT molecular complexity index is 671. The van der Waals surface area contributed by atoms with Crippen molar-refractivity contribution in [3.63, 3.8) is 0 Å². The first-order valence-corrected chi connectivity index (χ1v) is 6.31. The number of ether oxygens (including phenoxy) is 1. The van der Waals surface area contributed by atoms with Crippen LogP contribution in [0.1, 0.15) is 10.5 Å². The number of aromatic nitrogens is 1. The number of nitrogens with zero attached hydrogens (tertiary/aromatic N) is 1. The van der Waals surface area contributed by atoms with Crippen LogP contribution in [0.2, 0.25) is 0 Å². The number of hydrogen-bond acceptors (Lipinski definition) is 3. The van der Waals surface area contributed by atoms with Gasteiger partial charge in [0.2, 0.25) is 0 Å². The summed E-state index contributed by atoms with van der Waals surface area (Å²) in [7, 11) is 0. The van der Waals surface area contributed by atoms with Gasteiger partial charge in [-0.2, -0.15) is 0 Å². The second-order valence-corrected chi connectivity index (χ2v) is 4.76. The molecule has 0 radical (unpaired) electrons. The molecule has 0 aliphatic heterocycles. The molecule has 1 aromatic carbocycles. The highest BCUT2D eigenvalue weighted by atomic mass is 79.9. The number of aromatic carboxylic acids is 1. The number of alkyl halides is 3. The zero-order valence-corrected chi connectivity index (χ0v) is 11.8. The third-order valence-electron chi connectivity index (χ3n) is 2.43. The van der Waals surface area contributed by atoms with Crippen LogP contribution < -0.4 is 4.74 Å². The normalized spacial score (nSPS) is 11.2.